The van der Waals surface area contributed by atoms with Crippen LogP contribution in [0.3, 0.4) is 0 Å². The van der Waals surface area contributed by atoms with E-state index in [1.807, 2.05) is 19.9 Å². The van der Waals surface area contributed by atoms with Crippen molar-refractivity contribution < 1.29 is 28.9 Å². The molecular formula is C19H26O6. The summed E-state index contributed by atoms with van der Waals surface area (Å²) < 4.78 is 15.1. The summed E-state index contributed by atoms with van der Waals surface area (Å²) >= 11 is 0. The van der Waals surface area contributed by atoms with Crippen LogP contribution in [0.25, 0.3) is 0 Å². The second-order valence-electron chi connectivity index (χ2n) is 5.75. The zero-order valence-electron chi connectivity index (χ0n) is 14.4. The van der Waals surface area contributed by atoms with Crippen molar-refractivity contribution in [2.24, 2.45) is 0 Å². The second-order valence-corrected chi connectivity index (χ2v) is 5.75. The van der Waals surface area contributed by atoms with Crippen LogP contribution < -0.4 is 4.74 Å². The third-order valence-corrected chi connectivity index (χ3v) is 4.25. The summed E-state index contributed by atoms with van der Waals surface area (Å²) in [6.45, 7) is 3.90. The van der Waals surface area contributed by atoms with Crippen LogP contribution in [0.5, 0.6) is 11.5 Å². The number of cyclic esters (lactones) is 1. The number of esters is 2. The fourth-order valence-corrected chi connectivity index (χ4v) is 2.81. The summed E-state index contributed by atoms with van der Waals surface area (Å²) in [4.78, 5) is 23.0. The van der Waals surface area contributed by atoms with Crippen molar-refractivity contribution in [1.82, 2.24) is 0 Å². The molecule has 1 aliphatic heterocycles. The topological polar surface area (TPSA) is 82.1 Å². The highest BCUT2D eigenvalue weighted by Crippen LogP contribution is 2.42. The van der Waals surface area contributed by atoms with Gasteiger partial charge >= 0.3 is 11.9 Å². The summed E-state index contributed by atoms with van der Waals surface area (Å²) in [6.07, 6.45) is 3.18. The van der Waals surface area contributed by atoms with Crippen LogP contribution in [0.2, 0.25) is 0 Å². The Morgan fingerprint density at radius 1 is 1.32 bits per heavy atom. The molecule has 0 fully saturated rings. The highest BCUT2D eigenvalue weighted by molar-refractivity contribution is 5.98. The summed E-state index contributed by atoms with van der Waals surface area (Å²) in [5.41, 5.74) is 3.23. The van der Waals surface area contributed by atoms with Crippen LogP contribution in [-0.4, -0.2) is 31.3 Å². The third kappa shape index (κ3) is 4.13. The molecule has 6 heteroatoms. The van der Waals surface area contributed by atoms with Gasteiger partial charge in [0.25, 0.3) is 0 Å². The number of allylic oxidation sites excluding steroid dienone is 2. The van der Waals surface area contributed by atoms with Crippen molar-refractivity contribution in [3.05, 3.63) is 33.9 Å². The summed E-state index contributed by atoms with van der Waals surface area (Å²) in [5.74, 6) is -0.311. The van der Waals surface area contributed by atoms with Crippen molar-refractivity contribution >= 4 is 11.9 Å². The number of carbonyl (C=O) groups is 2. The number of ether oxygens (including phenoxy) is 3. The SMILES string of the molecule is C.COC(=O)CC/C(C)=C/Cc1c(O)c2c(c(C)c1OC)COC2=O. The van der Waals surface area contributed by atoms with E-state index >= 15 is 0 Å². The predicted octanol–water partition coefficient (Wildman–Crippen LogP) is 3.46. The summed E-state index contributed by atoms with van der Waals surface area (Å²) in [6, 6.07) is 0. The normalized spacial score (nSPS) is 13.0. The lowest BCUT2D eigenvalue weighted by Crippen LogP contribution is -2.03. The third-order valence-electron chi connectivity index (χ3n) is 4.25. The average Bonchev–Trinajstić information content (AvgIpc) is 2.96. The molecule has 0 aromatic heterocycles. The molecule has 0 bridgehead atoms. The molecule has 0 saturated heterocycles. The van der Waals surface area contributed by atoms with Crippen LogP contribution in [0.4, 0.5) is 0 Å². The molecule has 1 aromatic rings. The smallest absolute Gasteiger partial charge is 0.342 e. The Hall–Kier alpha value is -2.50. The van der Waals surface area contributed by atoms with Crippen LogP contribution >= 0.6 is 0 Å². The van der Waals surface area contributed by atoms with Crippen LogP contribution in [0, 0.1) is 6.92 Å². The molecule has 0 amide bonds. The van der Waals surface area contributed by atoms with Gasteiger partial charge in [-0.2, -0.15) is 0 Å². The van der Waals surface area contributed by atoms with Gasteiger partial charge in [0.2, 0.25) is 0 Å². The molecule has 6 nitrogen and oxygen atoms in total. The van der Waals surface area contributed by atoms with Crippen molar-refractivity contribution in [2.45, 2.75) is 47.1 Å². The maximum Gasteiger partial charge on any atom is 0.342 e. The standard InChI is InChI=1S/C18H22O6.CH4/c1-10(6-8-14(19)22-3)5-7-12-16(20)15-13(9-24-18(15)21)11(2)17(12)23-4;/h5,20H,6-9H2,1-4H3;1H4/b10-5+;. The number of methoxy groups -OCH3 is 2. The number of carbonyl (C=O) groups excluding carboxylic acids is 2. The number of benzene rings is 1. The minimum Gasteiger partial charge on any atom is -0.507 e. The van der Waals surface area contributed by atoms with Crippen molar-refractivity contribution in [3.8, 4) is 11.5 Å². The van der Waals surface area contributed by atoms with E-state index in [0.717, 1.165) is 11.1 Å². The molecular weight excluding hydrogens is 324 g/mol. The first kappa shape index (κ1) is 20.5. The highest BCUT2D eigenvalue weighted by atomic mass is 16.5. The van der Waals surface area contributed by atoms with Gasteiger partial charge in [-0.05, 0) is 32.3 Å². The quantitative estimate of drug-likeness (QED) is 0.625. The van der Waals surface area contributed by atoms with E-state index < -0.39 is 5.97 Å². The summed E-state index contributed by atoms with van der Waals surface area (Å²) in [7, 11) is 2.89. The van der Waals surface area contributed by atoms with E-state index in [2.05, 4.69) is 4.74 Å². The second kappa shape index (κ2) is 8.55. The number of phenolic OH excluding ortho intramolecular Hbond substituents is 1. The van der Waals surface area contributed by atoms with Crippen molar-refractivity contribution in [3.63, 3.8) is 0 Å². The summed E-state index contributed by atoms with van der Waals surface area (Å²) in [5, 5.41) is 10.5. The molecule has 0 aliphatic carbocycles. The predicted molar refractivity (Wildman–Crippen MR) is 94.0 cm³/mol. The number of rotatable bonds is 6. The maximum atomic E-state index is 11.8. The molecule has 0 radical (unpaired) electrons. The molecule has 1 N–H and O–H groups in total. The minimum absolute atomic E-state index is 0. The van der Waals surface area contributed by atoms with Gasteiger partial charge in [0.05, 0.1) is 14.2 Å². The molecule has 0 spiro atoms. The van der Waals surface area contributed by atoms with E-state index in [0.29, 0.717) is 36.1 Å². The van der Waals surface area contributed by atoms with Gasteiger partial charge in [-0.15, -0.1) is 0 Å². The van der Waals surface area contributed by atoms with Gasteiger partial charge in [0, 0.05) is 17.5 Å². The maximum absolute atomic E-state index is 11.8. The van der Waals surface area contributed by atoms with Gasteiger partial charge in [0.15, 0.2) is 0 Å². The largest absolute Gasteiger partial charge is 0.507 e. The number of hydrogen-bond acceptors (Lipinski definition) is 6. The molecule has 1 aromatic carbocycles. The fourth-order valence-electron chi connectivity index (χ4n) is 2.81. The van der Waals surface area contributed by atoms with Crippen molar-refractivity contribution in [2.75, 3.05) is 14.2 Å². The molecule has 0 unspecified atom stereocenters. The van der Waals surface area contributed by atoms with Crippen LogP contribution in [0.1, 0.15) is 54.2 Å². The first-order valence-electron chi connectivity index (χ1n) is 7.71. The monoisotopic (exact) mass is 350 g/mol. The Bertz CT molecular complexity index is 703. The lowest BCUT2D eigenvalue weighted by atomic mass is 9.94. The molecule has 0 saturated carbocycles. The Morgan fingerprint density at radius 3 is 2.60 bits per heavy atom. The van der Waals surface area contributed by atoms with Gasteiger partial charge in [-0.3, -0.25) is 4.79 Å². The molecule has 1 heterocycles. The molecule has 2 rings (SSSR count). The number of hydrogen-bond donors (Lipinski definition) is 1. The Labute approximate surface area is 148 Å². The van der Waals surface area contributed by atoms with E-state index in [4.69, 9.17) is 9.47 Å². The first-order valence-corrected chi connectivity index (χ1v) is 7.71. The van der Waals surface area contributed by atoms with Crippen LogP contribution in [-0.2, 0) is 27.3 Å². The number of fused-ring (bicyclic) bond motifs is 1. The fraction of sp³-hybridized carbons (Fsp3) is 0.474. The van der Waals surface area contributed by atoms with Gasteiger partial charge in [-0.1, -0.05) is 19.1 Å². The molecule has 138 valence electrons. The lowest BCUT2D eigenvalue weighted by molar-refractivity contribution is -0.140. The van der Waals surface area contributed by atoms with Gasteiger partial charge in [0.1, 0.15) is 23.7 Å². The molecule has 25 heavy (non-hydrogen) atoms. The zero-order valence-corrected chi connectivity index (χ0v) is 14.4. The number of phenols is 1. The minimum atomic E-state index is -0.513. The lowest BCUT2D eigenvalue weighted by Gasteiger charge is -2.15. The van der Waals surface area contributed by atoms with E-state index in [1.54, 1.807) is 0 Å². The van der Waals surface area contributed by atoms with Crippen LogP contribution in [0.15, 0.2) is 11.6 Å². The zero-order chi connectivity index (χ0) is 17.9. The highest BCUT2D eigenvalue weighted by Gasteiger charge is 2.31. The molecule has 0 atom stereocenters. The van der Waals surface area contributed by atoms with Gasteiger partial charge in [-0.25, -0.2) is 4.79 Å². The van der Waals surface area contributed by atoms with E-state index in [9.17, 15) is 14.7 Å². The van der Waals surface area contributed by atoms with E-state index in [1.165, 1.54) is 14.2 Å². The first-order chi connectivity index (χ1) is 11.4. The van der Waals surface area contributed by atoms with E-state index in [-0.39, 0.29) is 31.3 Å². The Balaban J connectivity index is 0.00000312. The Morgan fingerprint density at radius 2 is 2.00 bits per heavy atom. The Kier molecular flexibility index (Phi) is 7.03. The van der Waals surface area contributed by atoms with Gasteiger partial charge < -0.3 is 19.3 Å². The number of aromatic hydroxyl groups is 1. The van der Waals surface area contributed by atoms with Crippen molar-refractivity contribution in [1.29, 1.82) is 0 Å². The average molecular weight is 350 g/mol. The molecule has 1 aliphatic rings.